The Kier molecular flexibility index (Phi) is 3.48. The van der Waals surface area contributed by atoms with E-state index < -0.39 is 0 Å². The maximum absolute atomic E-state index is 6.01. The smallest absolute Gasteiger partial charge is 0.119 e. The van der Waals surface area contributed by atoms with Crippen molar-refractivity contribution in [2.45, 2.75) is 69.9 Å². The highest BCUT2D eigenvalue weighted by atomic mass is 16.5. The Bertz CT molecular complexity index is 567. The Labute approximate surface area is 134 Å². The van der Waals surface area contributed by atoms with Crippen molar-refractivity contribution < 1.29 is 4.74 Å². The zero-order valence-corrected chi connectivity index (χ0v) is 14.3. The molecule has 1 heterocycles. The minimum Gasteiger partial charge on any atom is -0.491 e. The number of likely N-dealkylation sites (N-methyl/N-ethyl adjacent to an activating group) is 1. The molecule has 2 bridgehead atoms. The summed E-state index contributed by atoms with van der Waals surface area (Å²) in [5.74, 6) is 1.94. The summed E-state index contributed by atoms with van der Waals surface area (Å²) < 4.78 is 6.01. The third kappa shape index (κ3) is 2.11. The van der Waals surface area contributed by atoms with E-state index in [4.69, 9.17) is 4.74 Å². The van der Waals surface area contributed by atoms with Crippen molar-refractivity contribution in [1.82, 2.24) is 4.90 Å². The van der Waals surface area contributed by atoms with Gasteiger partial charge in [0.1, 0.15) is 5.75 Å². The monoisotopic (exact) mass is 299 g/mol. The predicted molar refractivity (Wildman–Crippen MR) is 90.6 cm³/mol. The summed E-state index contributed by atoms with van der Waals surface area (Å²) in [5.41, 5.74) is 3.67. The standard InChI is InChI=1S/C20H29NO/c1-14(2)22-16-8-7-15-12-19-17-6-4-5-9-20(17,18(15)13-16)10-11-21(19)3/h7-8,13-14,17,19H,4-6,9-12H2,1-3H3/t17-,19+,20?/m1/s1. The van der Waals surface area contributed by atoms with Gasteiger partial charge in [0, 0.05) is 11.5 Å². The molecule has 2 fully saturated rings. The molecule has 0 N–H and O–H groups in total. The molecule has 0 amide bonds. The molecule has 2 heteroatoms. The second-order valence-electron chi connectivity index (χ2n) is 8.00. The van der Waals surface area contributed by atoms with E-state index in [1.54, 1.807) is 11.1 Å². The number of rotatable bonds is 2. The molecule has 1 unspecified atom stereocenters. The fourth-order valence-electron chi connectivity index (χ4n) is 5.52. The summed E-state index contributed by atoms with van der Waals surface area (Å²) in [6.45, 7) is 5.50. The lowest BCUT2D eigenvalue weighted by Crippen LogP contribution is -2.59. The van der Waals surface area contributed by atoms with E-state index in [0.717, 1.165) is 17.7 Å². The fourth-order valence-corrected chi connectivity index (χ4v) is 5.52. The molecule has 2 aliphatic carbocycles. The third-order valence-corrected chi connectivity index (χ3v) is 6.46. The Hall–Kier alpha value is -1.02. The van der Waals surface area contributed by atoms with Gasteiger partial charge in [-0.25, -0.2) is 0 Å². The van der Waals surface area contributed by atoms with Gasteiger partial charge in [-0.05, 0) is 82.3 Å². The molecule has 120 valence electrons. The van der Waals surface area contributed by atoms with Crippen LogP contribution in [0, 0.1) is 5.92 Å². The number of benzene rings is 1. The van der Waals surface area contributed by atoms with Crippen LogP contribution in [0.25, 0.3) is 0 Å². The molecule has 3 atom stereocenters. The molecule has 2 nitrogen and oxygen atoms in total. The number of likely N-dealkylation sites (tertiary alicyclic amines) is 1. The number of hydrogen-bond acceptors (Lipinski definition) is 2. The normalized spacial score (nSPS) is 34.2. The van der Waals surface area contributed by atoms with E-state index in [1.165, 1.54) is 45.1 Å². The van der Waals surface area contributed by atoms with Gasteiger partial charge >= 0.3 is 0 Å². The van der Waals surface area contributed by atoms with Gasteiger partial charge in [-0.3, -0.25) is 0 Å². The van der Waals surface area contributed by atoms with Crippen LogP contribution in [0.2, 0.25) is 0 Å². The highest BCUT2D eigenvalue weighted by molar-refractivity contribution is 5.45. The molecule has 4 rings (SSSR count). The summed E-state index contributed by atoms with van der Waals surface area (Å²) >= 11 is 0. The van der Waals surface area contributed by atoms with E-state index in [2.05, 4.69) is 44.0 Å². The molecule has 1 saturated heterocycles. The van der Waals surface area contributed by atoms with Crippen LogP contribution in [0.3, 0.4) is 0 Å². The minimum absolute atomic E-state index is 0.256. The lowest BCUT2D eigenvalue weighted by molar-refractivity contribution is 0.00266. The van der Waals surface area contributed by atoms with Gasteiger partial charge in [0.2, 0.25) is 0 Å². The maximum atomic E-state index is 6.01. The molecule has 1 aromatic rings. The van der Waals surface area contributed by atoms with Crippen LogP contribution in [-0.2, 0) is 11.8 Å². The topological polar surface area (TPSA) is 12.5 Å². The fraction of sp³-hybridized carbons (Fsp3) is 0.700. The molecular formula is C20H29NO. The van der Waals surface area contributed by atoms with Crippen molar-refractivity contribution >= 4 is 0 Å². The Morgan fingerprint density at radius 3 is 2.91 bits per heavy atom. The zero-order chi connectivity index (χ0) is 15.3. The molecule has 1 aliphatic heterocycles. The zero-order valence-electron chi connectivity index (χ0n) is 14.3. The summed E-state index contributed by atoms with van der Waals surface area (Å²) in [6.07, 6.45) is 8.47. The van der Waals surface area contributed by atoms with Crippen LogP contribution in [0.15, 0.2) is 18.2 Å². The number of fused-ring (bicyclic) bond motifs is 1. The van der Waals surface area contributed by atoms with Crippen LogP contribution in [0.5, 0.6) is 5.75 Å². The van der Waals surface area contributed by atoms with Crippen molar-refractivity contribution in [1.29, 1.82) is 0 Å². The first-order valence-corrected chi connectivity index (χ1v) is 9.10. The van der Waals surface area contributed by atoms with Gasteiger partial charge in [0.25, 0.3) is 0 Å². The molecular weight excluding hydrogens is 270 g/mol. The van der Waals surface area contributed by atoms with Gasteiger partial charge in [0.05, 0.1) is 6.10 Å². The molecule has 1 saturated carbocycles. The van der Waals surface area contributed by atoms with Crippen molar-refractivity contribution in [3.8, 4) is 5.75 Å². The first-order valence-electron chi connectivity index (χ1n) is 9.10. The second kappa shape index (κ2) is 5.26. The molecule has 22 heavy (non-hydrogen) atoms. The average Bonchev–Trinajstić information content (AvgIpc) is 2.51. The first-order chi connectivity index (χ1) is 10.6. The van der Waals surface area contributed by atoms with Crippen LogP contribution in [0.4, 0.5) is 0 Å². The lowest BCUT2D eigenvalue weighted by atomic mass is 9.52. The number of hydrogen-bond donors (Lipinski definition) is 0. The van der Waals surface area contributed by atoms with Crippen LogP contribution in [0.1, 0.15) is 57.1 Å². The van der Waals surface area contributed by atoms with Crippen LogP contribution in [-0.4, -0.2) is 30.6 Å². The molecule has 0 aromatic heterocycles. The van der Waals surface area contributed by atoms with Crippen molar-refractivity contribution in [3.05, 3.63) is 29.3 Å². The predicted octanol–water partition coefficient (Wildman–Crippen LogP) is 4.16. The van der Waals surface area contributed by atoms with E-state index in [9.17, 15) is 0 Å². The van der Waals surface area contributed by atoms with E-state index >= 15 is 0 Å². The SMILES string of the molecule is CC(C)Oc1ccc2c(c1)C13CCCC[C@@H]1[C@H](C2)N(C)CC3. The summed E-state index contributed by atoms with van der Waals surface area (Å²) in [7, 11) is 2.34. The third-order valence-electron chi connectivity index (χ3n) is 6.46. The van der Waals surface area contributed by atoms with Gasteiger partial charge in [-0.1, -0.05) is 18.9 Å². The summed E-state index contributed by atoms with van der Waals surface area (Å²) in [4.78, 5) is 2.63. The van der Waals surface area contributed by atoms with Gasteiger partial charge in [0.15, 0.2) is 0 Å². The number of ether oxygens (including phenoxy) is 1. The van der Waals surface area contributed by atoms with E-state index in [-0.39, 0.29) is 6.10 Å². The Morgan fingerprint density at radius 2 is 2.09 bits per heavy atom. The molecule has 1 aromatic carbocycles. The van der Waals surface area contributed by atoms with E-state index in [0.29, 0.717) is 5.41 Å². The van der Waals surface area contributed by atoms with Crippen molar-refractivity contribution in [2.75, 3.05) is 13.6 Å². The highest BCUT2D eigenvalue weighted by Gasteiger charge is 2.53. The van der Waals surface area contributed by atoms with Crippen LogP contribution < -0.4 is 4.74 Å². The summed E-state index contributed by atoms with van der Waals surface area (Å²) in [6, 6.07) is 7.70. The molecule has 0 spiro atoms. The summed E-state index contributed by atoms with van der Waals surface area (Å²) in [5, 5.41) is 0. The van der Waals surface area contributed by atoms with Crippen molar-refractivity contribution in [3.63, 3.8) is 0 Å². The van der Waals surface area contributed by atoms with Gasteiger partial charge in [-0.2, -0.15) is 0 Å². The van der Waals surface area contributed by atoms with E-state index in [1.807, 2.05) is 0 Å². The van der Waals surface area contributed by atoms with Gasteiger partial charge in [-0.15, -0.1) is 0 Å². The first kappa shape index (κ1) is 14.6. The minimum atomic E-state index is 0.256. The Balaban J connectivity index is 1.80. The average molecular weight is 299 g/mol. The van der Waals surface area contributed by atoms with Crippen LogP contribution >= 0.6 is 0 Å². The highest BCUT2D eigenvalue weighted by Crippen LogP contribution is 2.55. The van der Waals surface area contributed by atoms with Gasteiger partial charge < -0.3 is 9.64 Å². The second-order valence-corrected chi connectivity index (χ2v) is 8.00. The number of piperidine rings is 1. The quantitative estimate of drug-likeness (QED) is 0.813. The lowest BCUT2D eigenvalue weighted by Gasteiger charge is -2.58. The molecule has 0 radical (unpaired) electrons. The molecule has 3 aliphatic rings. The Morgan fingerprint density at radius 1 is 1.23 bits per heavy atom. The van der Waals surface area contributed by atoms with Crippen molar-refractivity contribution in [2.24, 2.45) is 5.92 Å². The number of nitrogens with zero attached hydrogens (tertiary/aromatic N) is 1. The largest absolute Gasteiger partial charge is 0.491 e. The maximum Gasteiger partial charge on any atom is 0.119 e.